The fourth-order valence-corrected chi connectivity index (χ4v) is 3.64. The second-order valence-electron chi connectivity index (χ2n) is 6.71. The number of para-hydroxylation sites is 1. The second kappa shape index (κ2) is 7.89. The Labute approximate surface area is 153 Å². The van der Waals surface area contributed by atoms with Crippen molar-refractivity contribution in [1.29, 1.82) is 0 Å². The molecule has 2 heterocycles. The Morgan fingerprint density at radius 3 is 2.81 bits per heavy atom. The van der Waals surface area contributed by atoms with Crippen molar-refractivity contribution in [3.63, 3.8) is 0 Å². The molecule has 136 valence electrons. The highest BCUT2D eigenvalue weighted by atomic mass is 16.7. The molecule has 0 unspecified atom stereocenters. The normalized spacial score (nSPS) is 22.0. The number of nitrogens with zero attached hydrogens (tertiary/aromatic N) is 1. The summed E-state index contributed by atoms with van der Waals surface area (Å²) in [6.07, 6.45) is 1.26. The van der Waals surface area contributed by atoms with Crippen molar-refractivity contribution in [3.05, 3.63) is 65.7 Å². The SMILES string of the molecule is O=C(CCN1OC[C@H]2CCOc3ccccc3[C@H]21)OCc1ccccc1. The maximum Gasteiger partial charge on any atom is 0.307 e. The first kappa shape index (κ1) is 17.1. The van der Waals surface area contributed by atoms with Crippen LogP contribution in [0, 0.1) is 5.92 Å². The van der Waals surface area contributed by atoms with Gasteiger partial charge in [0, 0.05) is 18.0 Å². The van der Waals surface area contributed by atoms with E-state index < -0.39 is 0 Å². The summed E-state index contributed by atoms with van der Waals surface area (Å²) in [6, 6.07) is 18.0. The van der Waals surface area contributed by atoms with Gasteiger partial charge in [0.25, 0.3) is 0 Å². The zero-order valence-corrected chi connectivity index (χ0v) is 14.7. The van der Waals surface area contributed by atoms with Crippen molar-refractivity contribution in [3.8, 4) is 5.75 Å². The van der Waals surface area contributed by atoms with Gasteiger partial charge in [-0.2, -0.15) is 5.06 Å². The summed E-state index contributed by atoms with van der Waals surface area (Å²) >= 11 is 0. The molecule has 2 aliphatic heterocycles. The van der Waals surface area contributed by atoms with Crippen LogP contribution in [-0.2, 0) is 21.0 Å². The van der Waals surface area contributed by atoms with Gasteiger partial charge in [0.1, 0.15) is 12.4 Å². The van der Waals surface area contributed by atoms with Crippen LogP contribution >= 0.6 is 0 Å². The van der Waals surface area contributed by atoms with E-state index in [2.05, 4.69) is 6.07 Å². The molecule has 5 heteroatoms. The number of carbonyl (C=O) groups is 1. The van der Waals surface area contributed by atoms with E-state index in [1.807, 2.05) is 53.6 Å². The fourth-order valence-electron chi connectivity index (χ4n) is 3.64. The highest BCUT2D eigenvalue weighted by molar-refractivity contribution is 5.69. The van der Waals surface area contributed by atoms with Gasteiger partial charge in [-0.3, -0.25) is 9.63 Å². The fraction of sp³-hybridized carbons (Fsp3) is 0.381. The van der Waals surface area contributed by atoms with Crippen LogP contribution in [0.2, 0.25) is 0 Å². The number of benzene rings is 2. The molecule has 0 aliphatic carbocycles. The number of carbonyl (C=O) groups excluding carboxylic acids is 1. The third-order valence-corrected chi connectivity index (χ3v) is 4.97. The lowest BCUT2D eigenvalue weighted by Crippen LogP contribution is -2.27. The minimum Gasteiger partial charge on any atom is -0.493 e. The first-order valence-electron chi connectivity index (χ1n) is 9.12. The molecule has 0 amide bonds. The third-order valence-electron chi connectivity index (χ3n) is 4.97. The van der Waals surface area contributed by atoms with Gasteiger partial charge in [0.2, 0.25) is 0 Å². The van der Waals surface area contributed by atoms with Crippen molar-refractivity contribution in [2.24, 2.45) is 5.92 Å². The summed E-state index contributed by atoms with van der Waals surface area (Å²) in [6.45, 7) is 2.20. The third kappa shape index (κ3) is 3.74. The molecule has 2 atom stereocenters. The molecule has 4 rings (SSSR count). The molecule has 0 radical (unpaired) electrons. The van der Waals surface area contributed by atoms with Crippen LogP contribution in [-0.4, -0.2) is 30.8 Å². The molecule has 0 spiro atoms. The lowest BCUT2D eigenvalue weighted by molar-refractivity contribution is -0.156. The van der Waals surface area contributed by atoms with Crippen LogP contribution in [0.25, 0.3) is 0 Å². The molecule has 0 aromatic heterocycles. The maximum atomic E-state index is 12.1. The van der Waals surface area contributed by atoms with Gasteiger partial charge in [0.05, 0.1) is 25.7 Å². The Morgan fingerprint density at radius 2 is 1.92 bits per heavy atom. The highest BCUT2D eigenvalue weighted by Gasteiger charge is 2.39. The molecule has 26 heavy (non-hydrogen) atoms. The highest BCUT2D eigenvalue weighted by Crippen LogP contribution is 2.43. The predicted molar refractivity (Wildman–Crippen MR) is 96.3 cm³/mol. The number of hydrogen-bond acceptors (Lipinski definition) is 5. The van der Waals surface area contributed by atoms with Gasteiger partial charge in [-0.1, -0.05) is 48.5 Å². The molecule has 2 aromatic carbocycles. The van der Waals surface area contributed by atoms with Crippen molar-refractivity contribution in [1.82, 2.24) is 5.06 Å². The van der Waals surface area contributed by atoms with Crippen molar-refractivity contribution >= 4 is 5.97 Å². The molecule has 2 aromatic rings. The molecule has 0 N–H and O–H groups in total. The Hall–Kier alpha value is -2.37. The molecule has 0 saturated carbocycles. The van der Waals surface area contributed by atoms with Crippen LogP contribution in [0.3, 0.4) is 0 Å². The lowest BCUT2D eigenvalue weighted by atomic mass is 9.92. The molecule has 5 nitrogen and oxygen atoms in total. The molecule has 2 aliphatic rings. The van der Waals surface area contributed by atoms with Gasteiger partial charge < -0.3 is 9.47 Å². The summed E-state index contributed by atoms with van der Waals surface area (Å²) in [5.74, 6) is 1.10. The van der Waals surface area contributed by atoms with Crippen LogP contribution < -0.4 is 4.74 Å². The lowest BCUT2D eigenvalue weighted by Gasteiger charge is -2.25. The Morgan fingerprint density at radius 1 is 1.12 bits per heavy atom. The number of ether oxygens (including phenoxy) is 2. The Kier molecular flexibility index (Phi) is 5.18. The van der Waals surface area contributed by atoms with Crippen molar-refractivity contribution in [2.45, 2.75) is 25.5 Å². The number of esters is 1. The molecule has 1 fully saturated rings. The molecule has 0 bridgehead atoms. The summed E-state index contributed by atoms with van der Waals surface area (Å²) < 4.78 is 11.2. The monoisotopic (exact) mass is 353 g/mol. The first-order valence-corrected chi connectivity index (χ1v) is 9.12. The van der Waals surface area contributed by atoms with E-state index in [4.69, 9.17) is 14.3 Å². The molecular formula is C21H23NO4. The van der Waals surface area contributed by atoms with Gasteiger partial charge in [-0.25, -0.2) is 0 Å². The second-order valence-corrected chi connectivity index (χ2v) is 6.71. The summed E-state index contributed by atoms with van der Waals surface area (Å²) in [5.41, 5.74) is 2.14. The zero-order chi connectivity index (χ0) is 17.8. The van der Waals surface area contributed by atoms with Crippen molar-refractivity contribution < 1.29 is 19.1 Å². The smallest absolute Gasteiger partial charge is 0.307 e. The first-order chi connectivity index (χ1) is 12.8. The van der Waals surface area contributed by atoms with E-state index in [-0.39, 0.29) is 12.0 Å². The quantitative estimate of drug-likeness (QED) is 0.770. The van der Waals surface area contributed by atoms with E-state index in [9.17, 15) is 4.79 Å². The molecular weight excluding hydrogens is 330 g/mol. The summed E-state index contributed by atoms with van der Waals surface area (Å²) in [4.78, 5) is 18.0. The van der Waals surface area contributed by atoms with Crippen LogP contribution in [0.15, 0.2) is 54.6 Å². The van der Waals surface area contributed by atoms with E-state index >= 15 is 0 Å². The Balaban J connectivity index is 1.36. The van der Waals surface area contributed by atoms with Gasteiger partial charge >= 0.3 is 5.97 Å². The largest absolute Gasteiger partial charge is 0.493 e. The summed E-state index contributed by atoms with van der Waals surface area (Å²) in [7, 11) is 0. The van der Waals surface area contributed by atoms with E-state index in [1.54, 1.807) is 0 Å². The maximum absolute atomic E-state index is 12.1. The predicted octanol–water partition coefficient (Wildman–Crippen LogP) is 3.51. The molecule has 1 saturated heterocycles. The van der Waals surface area contributed by atoms with E-state index in [0.29, 0.717) is 38.7 Å². The summed E-state index contributed by atoms with van der Waals surface area (Å²) in [5, 5.41) is 1.93. The Bertz CT molecular complexity index is 749. The number of hydrogen-bond donors (Lipinski definition) is 0. The van der Waals surface area contributed by atoms with Gasteiger partial charge in [0.15, 0.2) is 0 Å². The topological polar surface area (TPSA) is 48.0 Å². The van der Waals surface area contributed by atoms with E-state index in [0.717, 1.165) is 23.3 Å². The standard InChI is InChI=1S/C21H23NO4/c23-20(25-14-16-6-2-1-3-7-16)10-12-22-21-17(15-26-22)11-13-24-19-9-5-4-8-18(19)21/h1-9,17,21H,10-15H2/t17-,21+/m1/s1. The average Bonchev–Trinajstić information content (AvgIpc) is 2.99. The van der Waals surface area contributed by atoms with Gasteiger partial charge in [-0.15, -0.1) is 0 Å². The number of rotatable bonds is 5. The average molecular weight is 353 g/mol. The van der Waals surface area contributed by atoms with Crippen LogP contribution in [0.5, 0.6) is 5.75 Å². The van der Waals surface area contributed by atoms with E-state index in [1.165, 1.54) is 0 Å². The number of fused-ring (bicyclic) bond motifs is 3. The van der Waals surface area contributed by atoms with Crippen LogP contribution in [0.4, 0.5) is 0 Å². The minimum absolute atomic E-state index is 0.135. The van der Waals surface area contributed by atoms with Crippen LogP contribution in [0.1, 0.15) is 30.0 Å². The van der Waals surface area contributed by atoms with Crippen molar-refractivity contribution in [2.75, 3.05) is 19.8 Å². The van der Waals surface area contributed by atoms with Gasteiger partial charge in [-0.05, 0) is 18.1 Å². The zero-order valence-electron chi connectivity index (χ0n) is 14.7. The number of hydroxylamine groups is 2. The minimum atomic E-state index is -0.209.